The summed E-state index contributed by atoms with van der Waals surface area (Å²) < 4.78 is 0. The molecule has 4 atom stereocenters. The maximum Gasteiger partial charge on any atom is 0.217 e. The van der Waals surface area contributed by atoms with Gasteiger partial charge in [0.15, 0.2) is 0 Å². The molecule has 1 aliphatic heterocycles. The zero-order valence-electron chi connectivity index (χ0n) is 14.6. The number of nitrogens with one attached hydrogen (secondary N) is 1. The SMILES string of the molecule is CC(=O)N[C@@H]1C[C@@H]2CN(Cc3cccc4cnccc34)C[C@@H]2C[C@H]1O. The first kappa shape index (κ1) is 16.5. The van der Waals surface area contributed by atoms with Crippen LogP contribution in [0.15, 0.2) is 36.7 Å². The number of pyridine rings is 1. The van der Waals surface area contributed by atoms with E-state index >= 15 is 0 Å². The highest BCUT2D eigenvalue weighted by Gasteiger charge is 2.41. The number of carbonyl (C=O) groups is 1. The minimum absolute atomic E-state index is 0.0540. The Labute approximate surface area is 148 Å². The van der Waals surface area contributed by atoms with Gasteiger partial charge in [-0.25, -0.2) is 0 Å². The number of rotatable bonds is 3. The van der Waals surface area contributed by atoms with Gasteiger partial charge >= 0.3 is 0 Å². The minimum atomic E-state index is -0.422. The molecule has 2 fully saturated rings. The van der Waals surface area contributed by atoms with Crippen LogP contribution in [0, 0.1) is 11.8 Å². The fourth-order valence-electron chi connectivity index (χ4n) is 4.64. The molecule has 2 N–H and O–H groups in total. The van der Waals surface area contributed by atoms with Crippen molar-refractivity contribution in [1.29, 1.82) is 0 Å². The molecule has 25 heavy (non-hydrogen) atoms. The summed E-state index contributed by atoms with van der Waals surface area (Å²) in [7, 11) is 0. The lowest BCUT2D eigenvalue weighted by molar-refractivity contribution is -0.121. The summed E-state index contributed by atoms with van der Waals surface area (Å²) in [5.74, 6) is 1.02. The van der Waals surface area contributed by atoms with Gasteiger partial charge in [0.2, 0.25) is 5.91 Å². The number of likely N-dealkylation sites (tertiary alicyclic amines) is 1. The summed E-state index contributed by atoms with van der Waals surface area (Å²) in [5.41, 5.74) is 1.33. The molecule has 0 spiro atoms. The van der Waals surface area contributed by atoms with Gasteiger partial charge in [0, 0.05) is 44.3 Å². The first-order valence-corrected chi connectivity index (χ1v) is 9.09. The number of aliphatic hydroxyl groups excluding tert-OH is 1. The number of amides is 1. The fourth-order valence-corrected chi connectivity index (χ4v) is 4.64. The van der Waals surface area contributed by atoms with Crippen LogP contribution in [0.5, 0.6) is 0 Å². The third-order valence-electron chi connectivity index (χ3n) is 5.77. The Morgan fingerprint density at radius 2 is 2.08 bits per heavy atom. The number of nitrogens with zero attached hydrogens (tertiary/aromatic N) is 2. The molecule has 1 saturated carbocycles. The monoisotopic (exact) mass is 339 g/mol. The Morgan fingerprint density at radius 3 is 2.88 bits per heavy atom. The molecule has 0 unspecified atom stereocenters. The molecular formula is C20H25N3O2. The average molecular weight is 339 g/mol. The molecule has 1 aliphatic carbocycles. The van der Waals surface area contributed by atoms with Gasteiger partial charge in [-0.2, -0.15) is 0 Å². The average Bonchev–Trinajstić information content (AvgIpc) is 2.96. The molecular weight excluding hydrogens is 314 g/mol. The number of fused-ring (bicyclic) bond motifs is 2. The van der Waals surface area contributed by atoms with Crippen LogP contribution in [0.4, 0.5) is 0 Å². The maximum absolute atomic E-state index is 11.3. The van der Waals surface area contributed by atoms with Crippen LogP contribution in [0.25, 0.3) is 10.8 Å². The van der Waals surface area contributed by atoms with Gasteiger partial charge in [0.25, 0.3) is 0 Å². The third kappa shape index (κ3) is 3.39. The summed E-state index contributed by atoms with van der Waals surface area (Å²) in [6.45, 7) is 4.51. The number of aliphatic hydroxyl groups is 1. The van der Waals surface area contributed by atoms with Crippen LogP contribution < -0.4 is 5.32 Å². The van der Waals surface area contributed by atoms with Crippen molar-refractivity contribution in [2.24, 2.45) is 11.8 Å². The van der Waals surface area contributed by atoms with E-state index in [1.807, 2.05) is 12.4 Å². The van der Waals surface area contributed by atoms with E-state index in [2.05, 4.69) is 39.5 Å². The molecule has 132 valence electrons. The van der Waals surface area contributed by atoms with E-state index in [1.165, 1.54) is 23.3 Å². The van der Waals surface area contributed by atoms with E-state index < -0.39 is 6.10 Å². The lowest BCUT2D eigenvalue weighted by Gasteiger charge is -2.35. The molecule has 5 nitrogen and oxygen atoms in total. The highest BCUT2D eigenvalue weighted by molar-refractivity contribution is 5.84. The van der Waals surface area contributed by atoms with E-state index in [4.69, 9.17) is 0 Å². The van der Waals surface area contributed by atoms with Crippen molar-refractivity contribution < 1.29 is 9.90 Å². The predicted octanol–water partition coefficient (Wildman–Crippen LogP) is 1.94. The largest absolute Gasteiger partial charge is 0.391 e. The number of hydrogen-bond acceptors (Lipinski definition) is 4. The van der Waals surface area contributed by atoms with Gasteiger partial charge in [-0.05, 0) is 41.7 Å². The summed E-state index contributed by atoms with van der Waals surface area (Å²) in [6.07, 6.45) is 5.00. The van der Waals surface area contributed by atoms with Gasteiger partial charge in [0.1, 0.15) is 0 Å². The van der Waals surface area contributed by atoms with Crippen LogP contribution in [0.1, 0.15) is 25.3 Å². The lowest BCUT2D eigenvalue weighted by Crippen LogP contribution is -2.48. The van der Waals surface area contributed by atoms with E-state index in [0.29, 0.717) is 11.8 Å². The van der Waals surface area contributed by atoms with Gasteiger partial charge in [-0.3, -0.25) is 14.7 Å². The molecule has 5 heteroatoms. The van der Waals surface area contributed by atoms with E-state index in [1.54, 1.807) is 0 Å². The van der Waals surface area contributed by atoms with Crippen molar-refractivity contribution in [3.05, 3.63) is 42.2 Å². The van der Waals surface area contributed by atoms with Crippen molar-refractivity contribution in [2.45, 2.75) is 38.5 Å². The fraction of sp³-hybridized carbons (Fsp3) is 0.500. The summed E-state index contributed by atoms with van der Waals surface area (Å²) in [6, 6.07) is 8.38. The molecule has 1 aromatic heterocycles. The Hall–Kier alpha value is -1.98. The van der Waals surface area contributed by atoms with Crippen molar-refractivity contribution in [1.82, 2.24) is 15.2 Å². The first-order valence-electron chi connectivity index (χ1n) is 9.09. The van der Waals surface area contributed by atoms with Gasteiger partial charge in [0.05, 0.1) is 12.1 Å². The normalized spacial score (nSPS) is 29.5. The number of aromatic nitrogens is 1. The van der Waals surface area contributed by atoms with Gasteiger partial charge in [-0.1, -0.05) is 18.2 Å². The molecule has 2 heterocycles. The first-order chi connectivity index (χ1) is 12.1. The third-order valence-corrected chi connectivity index (χ3v) is 5.77. The molecule has 1 aromatic carbocycles. The van der Waals surface area contributed by atoms with Gasteiger partial charge in [-0.15, -0.1) is 0 Å². The van der Waals surface area contributed by atoms with Crippen LogP contribution in [0.3, 0.4) is 0 Å². The second-order valence-corrected chi connectivity index (χ2v) is 7.57. The van der Waals surface area contributed by atoms with Crippen molar-refractivity contribution >= 4 is 16.7 Å². The van der Waals surface area contributed by atoms with Crippen LogP contribution in [-0.4, -0.2) is 46.1 Å². The van der Waals surface area contributed by atoms with Crippen LogP contribution in [-0.2, 0) is 11.3 Å². The van der Waals surface area contributed by atoms with Crippen molar-refractivity contribution in [2.75, 3.05) is 13.1 Å². The quantitative estimate of drug-likeness (QED) is 0.897. The molecule has 2 aliphatic rings. The summed E-state index contributed by atoms with van der Waals surface area (Å²) in [5, 5.41) is 15.7. The van der Waals surface area contributed by atoms with Crippen LogP contribution >= 0.6 is 0 Å². The van der Waals surface area contributed by atoms with Crippen molar-refractivity contribution in [3.63, 3.8) is 0 Å². The number of hydrogen-bond donors (Lipinski definition) is 2. The van der Waals surface area contributed by atoms with Crippen molar-refractivity contribution in [3.8, 4) is 0 Å². The number of benzene rings is 1. The molecule has 1 amide bonds. The zero-order valence-corrected chi connectivity index (χ0v) is 14.6. The number of carbonyl (C=O) groups excluding carboxylic acids is 1. The Kier molecular flexibility index (Phi) is 4.44. The topological polar surface area (TPSA) is 65.5 Å². The second kappa shape index (κ2) is 6.73. The van der Waals surface area contributed by atoms with Gasteiger partial charge < -0.3 is 10.4 Å². The van der Waals surface area contributed by atoms with E-state index in [9.17, 15) is 9.90 Å². The second-order valence-electron chi connectivity index (χ2n) is 7.57. The Morgan fingerprint density at radius 1 is 1.28 bits per heavy atom. The summed E-state index contributed by atoms with van der Waals surface area (Å²) >= 11 is 0. The standard InChI is InChI=1S/C20H25N3O2/c1-13(24)22-19-7-16-11-23(12-17(16)8-20(19)25)10-15-4-2-3-14-9-21-6-5-18(14)15/h2-6,9,16-17,19-20,25H,7-8,10-12H2,1H3,(H,22,24)/t16-,17+,19-,20-/m1/s1. The molecule has 2 aromatic rings. The smallest absolute Gasteiger partial charge is 0.217 e. The highest BCUT2D eigenvalue weighted by atomic mass is 16.3. The zero-order chi connectivity index (χ0) is 17.4. The Bertz CT molecular complexity index is 773. The molecule has 4 rings (SSSR count). The van der Waals surface area contributed by atoms with Crippen LogP contribution in [0.2, 0.25) is 0 Å². The summed E-state index contributed by atoms with van der Waals surface area (Å²) in [4.78, 5) is 18.0. The molecule has 0 bridgehead atoms. The lowest BCUT2D eigenvalue weighted by atomic mass is 9.77. The molecule has 0 radical (unpaired) electrons. The Balaban J connectivity index is 1.46. The highest BCUT2D eigenvalue weighted by Crippen LogP contribution is 2.37. The maximum atomic E-state index is 11.3. The van der Waals surface area contributed by atoms with E-state index in [-0.39, 0.29) is 11.9 Å². The van der Waals surface area contributed by atoms with E-state index in [0.717, 1.165) is 32.5 Å². The molecule has 1 saturated heterocycles. The predicted molar refractivity (Wildman–Crippen MR) is 96.8 cm³/mol. The minimum Gasteiger partial charge on any atom is -0.391 e.